The minimum absolute atomic E-state index is 0.0644. The highest BCUT2D eigenvalue weighted by molar-refractivity contribution is 7.85. The summed E-state index contributed by atoms with van der Waals surface area (Å²) in [5.41, 5.74) is -0.588. The molecule has 0 aromatic rings. The Morgan fingerprint density at radius 2 is 2.06 bits per heavy atom. The van der Waals surface area contributed by atoms with Gasteiger partial charge in [-0.1, -0.05) is 6.08 Å². The van der Waals surface area contributed by atoms with Crippen molar-refractivity contribution in [3.05, 3.63) is 12.3 Å². The van der Waals surface area contributed by atoms with E-state index in [0.717, 1.165) is 6.26 Å². The van der Waals surface area contributed by atoms with Crippen LogP contribution < -0.4 is 0 Å². The Morgan fingerprint density at radius 3 is 2.56 bits per heavy atom. The van der Waals surface area contributed by atoms with E-state index in [2.05, 4.69) is 0 Å². The summed E-state index contributed by atoms with van der Waals surface area (Å²) >= 11 is 0. The van der Waals surface area contributed by atoms with Gasteiger partial charge in [0.1, 0.15) is 5.60 Å². The number of nitrogens with zero attached hydrogens (tertiary/aromatic N) is 1. The minimum atomic E-state index is -3.50. The lowest BCUT2D eigenvalue weighted by atomic mass is 10.2. The topological polar surface area (TPSA) is 72.9 Å². The van der Waals surface area contributed by atoms with Gasteiger partial charge in [-0.2, -0.15) is 8.42 Å². The van der Waals surface area contributed by atoms with E-state index in [1.807, 2.05) is 0 Å². The lowest BCUT2D eigenvalue weighted by molar-refractivity contribution is 0.0253. The van der Waals surface area contributed by atoms with Crippen LogP contribution in [0.3, 0.4) is 0 Å². The number of rotatable bonds is 3. The van der Waals surface area contributed by atoms with E-state index < -0.39 is 21.8 Å². The van der Waals surface area contributed by atoms with Crippen molar-refractivity contribution in [3.8, 4) is 0 Å². The van der Waals surface area contributed by atoms with Crippen LogP contribution in [-0.2, 0) is 19.0 Å². The van der Waals surface area contributed by atoms with Gasteiger partial charge in [-0.3, -0.25) is 9.08 Å². The summed E-state index contributed by atoms with van der Waals surface area (Å²) in [6.45, 7) is 5.25. The number of ether oxygens (including phenoxy) is 1. The molecule has 1 rings (SSSR count). The molecule has 104 valence electrons. The fourth-order valence-electron chi connectivity index (χ4n) is 1.44. The summed E-state index contributed by atoms with van der Waals surface area (Å²) < 4.78 is 31.8. The SMILES string of the molecule is CC(C)(C)OC(=O)N1C=CC[C@H]1COS(C)(=O)=O. The first kappa shape index (κ1) is 15.0. The Morgan fingerprint density at radius 1 is 1.44 bits per heavy atom. The third-order valence-electron chi connectivity index (χ3n) is 2.15. The van der Waals surface area contributed by atoms with Gasteiger partial charge in [0.25, 0.3) is 10.1 Å². The van der Waals surface area contributed by atoms with E-state index in [4.69, 9.17) is 8.92 Å². The van der Waals surface area contributed by atoms with Crippen LogP contribution >= 0.6 is 0 Å². The summed E-state index contributed by atoms with van der Waals surface area (Å²) in [7, 11) is -3.50. The average molecular weight is 277 g/mol. The van der Waals surface area contributed by atoms with Gasteiger partial charge in [0.15, 0.2) is 0 Å². The number of carbonyl (C=O) groups excluding carboxylic acids is 1. The Labute approximate surface area is 108 Å². The summed E-state index contributed by atoms with van der Waals surface area (Å²) in [4.78, 5) is 13.2. The molecule has 0 bridgehead atoms. The normalized spacial score (nSPS) is 20.2. The fraction of sp³-hybridized carbons (Fsp3) is 0.727. The van der Waals surface area contributed by atoms with E-state index in [1.54, 1.807) is 33.0 Å². The van der Waals surface area contributed by atoms with E-state index in [1.165, 1.54) is 4.90 Å². The van der Waals surface area contributed by atoms with Crippen LogP contribution in [0.2, 0.25) is 0 Å². The molecule has 0 saturated carbocycles. The van der Waals surface area contributed by atoms with Crippen molar-refractivity contribution in [2.45, 2.75) is 38.8 Å². The highest BCUT2D eigenvalue weighted by Gasteiger charge is 2.30. The van der Waals surface area contributed by atoms with E-state index in [-0.39, 0.29) is 12.6 Å². The molecule has 1 aliphatic heterocycles. The van der Waals surface area contributed by atoms with Crippen LogP contribution in [0.4, 0.5) is 4.79 Å². The van der Waals surface area contributed by atoms with Gasteiger partial charge in [0.05, 0.1) is 18.9 Å². The second-order valence-corrected chi connectivity index (χ2v) is 6.79. The molecule has 0 aliphatic carbocycles. The molecule has 0 N–H and O–H groups in total. The van der Waals surface area contributed by atoms with Gasteiger partial charge in [-0.05, 0) is 27.2 Å². The maximum Gasteiger partial charge on any atom is 0.414 e. The molecular formula is C11H19NO5S. The number of hydrogen-bond donors (Lipinski definition) is 0. The molecular weight excluding hydrogens is 258 g/mol. The standard InChI is InChI=1S/C11H19NO5S/c1-11(2,3)17-10(13)12-7-5-6-9(12)8-16-18(4,14)15/h5,7,9H,6,8H2,1-4H3/t9-/m0/s1. The molecule has 1 aliphatic rings. The molecule has 0 aromatic heterocycles. The number of carbonyl (C=O) groups is 1. The van der Waals surface area contributed by atoms with Crippen molar-refractivity contribution in [2.75, 3.05) is 12.9 Å². The minimum Gasteiger partial charge on any atom is -0.443 e. The third-order valence-corrected chi connectivity index (χ3v) is 2.71. The van der Waals surface area contributed by atoms with Crippen molar-refractivity contribution >= 4 is 16.2 Å². The van der Waals surface area contributed by atoms with Crippen molar-refractivity contribution in [2.24, 2.45) is 0 Å². The smallest absolute Gasteiger partial charge is 0.414 e. The van der Waals surface area contributed by atoms with E-state index in [0.29, 0.717) is 6.42 Å². The first-order valence-electron chi connectivity index (χ1n) is 5.61. The summed E-state index contributed by atoms with van der Waals surface area (Å²) in [6.07, 6.45) is 4.39. The van der Waals surface area contributed by atoms with Gasteiger partial charge in [0, 0.05) is 6.20 Å². The predicted molar refractivity (Wildman–Crippen MR) is 66.4 cm³/mol. The molecule has 18 heavy (non-hydrogen) atoms. The predicted octanol–water partition coefficient (Wildman–Crippen LogP) is 1.49. The van der Waals surface area contributed by atoms with Gasteiger partial charge in [0.2, 0.25) is 0 Å². The van der Waals surface area contributed by atoms with Gasteiger partial charge in [-0.15, -0.1) is 0 Å². The second kappa shape index (κ2) is 5.27. The molecule has 6 nitrogen and oxygen atoms in total. The molecule has 7 heteroatoms. The first-order valence-corrected chi connectivity index (χ1v) is 7.42. The maximum absolute atomic E-state index is 11.8. The largest absolute Gasteiger partial charge is 0.443 e. The number of amides is 1. The molecule has 0 radical (unpaired) electrons. The van der Waals surface area contributed by atoms with Gasteiger partial charge < -0.3 is 4.74 Å². The second-order valence-electron chi connectivity index (χ2n) is 5.15. The van der Waals surface area contributed by atoms with Crippen molar-refractivity contribution in [3.63, 3.8) is 0 Å². The van der Waals surface area contributed by atoms with Crippen LogP contribution in [0.1, 0.15) is 27.2 Å². The quantitative estimate of drug-likeness (QED) is 0.731. The van der Waals surface area contributed by atoms with Crippen molar-refractivity contribution in [1.82, 2.24) is 4.90 Å². The third kappa shape index (κ3) is 5.05. The Hall–Kier alpha value is -1.08. The lowest BCUT2D eigenvalue weighted by Gasteiger charge is -2.27. The molecule has 0 aromatic carbocycles. The fourth-order valence-corrected chi connectivity index (χ4v) is 1.85. The zero-order valence-electron chi connectivity index (χ0n) is 11.0. The van der Waals surface area contributed by atoms with Crippen LogP contribution in [0.25, 0.3) is 0 Å². The summed E-state index contributed by atoms with van der Waals surface area (Å²) in [6, 6.07) is -0.338. The Balaban J connectivity index is 2.59. The van der Waals surface area contributed by atoms with Crippen molar-refractivity contribution in [1.29, 1.82) is 0 Å². The molecule has 1 atom stereocenters. The maximum atomic E-state index is 11.8. The van der Waals surface area contributed by atoms with E-state index >= 15 is 0 Å². The zero-order valence-corrected chi connectivity index (χ0v) is 11.9. The van der Waals surface area contributed by atoms with Crippen LogP contribution in [0.5, 0.6) is 0 Å². The molecule has 0 saturated heterocycles. The van der Waals surface area contributed by atoms with Gasteiger partial charge >= 0.3 is 6.09 Å². The summed E-state index contributed by atoms with van der Waals surface area (Å²) in [5, 5.41) is 0. The van der Waals surface area contributed by atoms with E-state index in [9.17, 15) is 13.2 Å². The zero-order chi connectivity index (χ0) is 14.0. The lowest BCUT2D eigenvalue weighted by Crippen LogP contribution is -2.40. The number of hydrogen-bond acceptors (Lipinski definition) is 5. The Kier molecular flexibility index (Phi) is 4.39. The van der Waals surface area contributed by atoms with Gasteiger partial charge in [-0.25, -0.2) is 4.79 Å². The molecule has 1 amide bonds. The Bertz CT molecular complexity index is 435. The van der Waals surface area contributed by atoms with Crippen LogP contribution in [0, 0.1) is 0 Å². The monoisotopic (exact) mass is 277 g/mol. The summed E-state index contributed by atoms with van der Waals surface area (Å²) in [5.74, 6) is 0. The molecule has 1 heterocycles. The molecule has 0 fully saturated rings. The van der Waals surface area contributed by atoms with Crippen LogP contribution in [-0.4, -0.2) is 43.9 Å². The highest BCUT2D eigenvalue weighted by atomic mass is 32.2. The van der Waals surface area contributed by atoms with Crippen LogP contribution in [0.15, 0.2) is 12.3 Å². The van der Waals surface area contributed by atoms with Crippen molar-refractivity contribution < 1.29 is 22.1 Å². The first-order chi connectivity index (χ1) is 8.08. The molecule has 0 unspecified atom stereocenters. The average Bonchev–Trinajstić information content (AvgIpc) is 2.58. The highest BCUT2D eigenvalue weighted by Crippen LogP contribution is 2.19. The molecule has 0 spiro atoms.